The number of hydrogen-bond acceptors (Lipinski definition) is 3. The van der Waals surface area contributed by atoms with Gasteiger partial charge in [0.25, 0.3) is 0 Å². The average molecular weight is 295 g/mol. The molecule has 0 bridgehead atoms. The van der Waals surface area contributed by atoms with Crippen molar-refractivity contribution in [1.82, 2.24) is 9.78 Å². The highest BCUT2D eigenvalue weighted by atomic mass is 35.5. The lowest BCUT2D eigenvalue weighted by Gasteiger charge is -2.04. The van der Waals surface area contributed by atoms with E-state index in [2.05, 4.69) is 5.10 Å². The number of aromatic hydroxyl groups is 2. The summed E-state index contributed by atoms with van der Waals surface area (Å²) in [4.78, 5) is 0. The van der Waals surface area contributed by atoms with Crippen molar-refractivity contribution >= 4 is 34.1 Å². The third-order valence-corrected chi connectivity index (χ3v) is 3.44. The van der Waals surface area contributed by atoms with Gasteiger partial charge < -0.3 is 10.2 Å². The van der Waals surface area contributed by atoms with E-state index in [0.717, 1.165) is 0 Å². The van der Waals surface area contributed by atoms with Gasteiger partial charge in [0.2, 0.25) is 0 Å². The Morgan fingerprint density at radius 3 is 2.53 bits per heavy atom. The van der Waals surface area contributed by atoms with E-state index in [-0.39, 0.29) is 16.5 Å². The molecule has 0 atom stereocenters. The lowest BCUT2D eigenvalue weighted by Crippen LogP contribution is -1.95. The van der Waals surface area contributed by atoms with E-state index in [9.17, 15) is 10.2 Å². The zero-order valence-corrected chi connectivity index (χ0v) is 11.0. The summed E-state index contributed by atoms with van der Waals surface area (Å²) in [5, 5.41) is 24.4. The molecule has 96 valence electrons. The number of benzene rings is 2. The number of nitrogens with zero attached hydrogens (tertiary/aromatic N) is 2. The van der Waals surface area contributed by atoms with Gasteiger partial charge >= 0.3 is 0 Å². The maximum absolute atomic E-state index is 9.47. The predicted octanol–water partition coefficient (Wildman–Crippen LogP) is 3.74. The van der Waals surface area contributed by atoms with Gasteiger partial charge in [0.05, 0.1) is 16.2 Å². The average Bonchev–Trinajstić information content (AvgIpc) is 2.70. The van der Waals surface area contributed by atoms with Crippen LogP contribution in [-0.4, -0.2) is 20.0 Å². The van der Waals surface area contributed by atoms with Gasteiger partial charge in [0, 0.05) is 5.39 Å². The van der Waals surface area contributed by atoms with Gasteiger partial charge in [0.1, 0.15) is 16.7 Å². The van der Waals surface area contributed by atoms with Crippen LogP contribution in [0.5, 0.6) is 11.5 Å². The van der Waals surface area contributed by atoms with Crippen LogP contribution < -0.4 is 0 Å². The number of rotatable bonds is 1. The Bertz CT molecular complexity index is 784. The molecule has 0 saturated heterocycles. The second-order valence-electron chi connectivity index (χ2n) is 4.04. The zero-order valence-electron chi connectivity index (χ0n) is 9.51. The number of fused-ring (bicyclic) bond motifs is 1. The minimum Gasteiger partial charge on any atom is -0.508 e. The highest BCUT2D eigenvalue weighted by molar-refractivity contribution is 6.35. The van der Waals surface area contributed by atoms with Crippen molar-refractivity contribution in [3.63, 3.8) is 0 Å². The molecule has 0 spiro atoms. The first-order valence-corrected chi connectivity index (χ1v) is 6.18. The Kier molecular flexibility index (Phi) is 2.77. The van der Waals surface area contributed by atoms with Crippen LogP contribution in [0.1, 0.15) is 0 Å². The number of hydrogen-bond donors (Lipinski definition) is 2. The van der Waals surface area contributed by atoms with Gasteiger partial charge in [-0.25, -0.2) is 4.68 Å². The third-order valence-electron chi connectivity index (χ3n) is 2.77. The molecular formula is C13H8Cl2N2O2. The Morgan fingerprint density at radius 2 is 1.79 bits per heavy atom. The van der Waals surface area contributed by atoms with E-state index in [1.807, 2.05) is 0 Å². The van der Waals surface area contributed by atoms with Crippen LogP contribution in [0.25, 0.3) is 16.6 Å². The van der Waals surface area contributed by atoms with Crippen LogP contribution in [0.4, 0.5) is 0 Å². The maximum Gasteiger partial charge on any atom is 0.140 e. The van der Waals surface area contributed by atoms with Crippen LogP contribution >= 0.6 is 23.2 Å². The number of phenols is 2. The van der Waals surface area contributed by atoms with Crippen LogP contribution in [-0.2, 0) is 0 Å². The molecule has 6 heteroatoms. The first-order valence-electron chi connectivity index (χ1n) is 5.42. The van der Waals surface area contributed by atoms with E-state index >= 15 is 0 Å². The smallest absolute Gasteiger partial charge is 0.140 e. The van der Waals surface area contributed by atoms with Crippen LogP contribution in [0.2, 0.25) is 10.2 Å². The molecule has 0 aliphatic carbocycles. The standard InChI is InChI=1S/C13H8Cl2N2O2/c14-10-5-7(1-4-12(10)19)17-13(15)9-6-8(18)2-3-11(9)16-17/h1-6,18-19H. The molecule has 0 aliphatic rings. The summed E-state index contributed by atoms with van der Waals surface area (Å²) >= 11 is 12.1. The van der Waals surface area contributed by atoms with Crippen LogP contribution in [0, 0.1) is 0 Å². The monoisotopic (exact) mass is 294 g/mol. The summed E-state index contributed by atoms with van der Waals surface area (Å²) in [6.07, 6.45) is 0. The van der Waals surface area contributed by atoms with Gasteiger partial charge in [-0.1, -0.05) is 23.2 Å². The Morgan fingerprint density at radius 1 is 1.00 bits per heavy atom. The first-order chi connectivity index (χ1) is 9.06. The third kappa shape index (κ3) is 1.99. The molecular weight excluding hydrogens is 287 g/mol. The lowest BCUT2D eigenvalue weighted by molar-refractivity contribution is 0.475. The van der Waals surface area contributed by atoms with E-state index < -0.39 is 0 Å². The molecule has 0 aliphatic heterocycles. The molecule has 0 amide bonds. The van der Waals surface area contributed by atoms with E-state index in [1.165, 1.54) is 10.7 Å². The van der Waals surface area contributed by atoms with Crippen molar-refractivity contribution in [2.24, 2.45) is 0 Å². The Balaban J connectivity index is 2.24. The summed E-state index contributed by atoms with van der Waals surface area (Å²) in [5.41, 5.74) is 1.29. The second kappa shape index (κ2) is 4.33. The molecule has 3 rings (SSSR count). The minimum atomic E-state index is -0.00380. The fourth-order valence-corrected chi connectivity index (χ4v) is 2.30. The van der Waals surface area contributed by atoms with Crippen molar-refractivity contribution in [2.45, 2.75) is 0 Å². The van der Waals surface area contributed by atoms with Crippen molar-refractivity contribution in [1.29, 1.82) is 0 Å². The van der Waals surface area contributed by atoms with E-state index in [0.29, 0.717) is 21.7 Å². The topological polar surface area (TPSA) is 58.3 Å². The quantitative estimate of drug-likeness (QED) is 0.719. The second-order valence-corrected chi connectivity index (χ2v) is 4.80. The summed E-state index contributed by atoms with van der Waals surface area (Å²) < 4.78 is 1.50. The van der Waals surface area contributed by atoms with Gasteiger partial charge in [-0.2, -0.15) is 5.10 Å². The molecule has 4 nitrogen and oxygen atoms in total. The highest BCUT2D eigenvalue weighted by Gasteiger charge is 2.12. The van der Waals surface area contributed by atoms with Gasteiger partial charge in [-0.15, -0.1) is 0 Å². The Hall–Kier alpha value is -1.91. The number of aromatic nitrogens is 2. The van der Waals surface area contributed by atoms with E-state index in [1.54, 1.807) is 30.3 Å². The summed E-state index contributed by atoms with van der Waals surface area (Å²) in [6, 6.07) is 9.45. The Labute approximate surface area is 118 Å². The lowest BCUT2D eigenvalue weighted by atomic mass is 10.2. The van der Waals surface area contributed by atoms with E-state index in [4.69, 9.17) is 23.2 Å². The van der Waals surface area contributed by atoms with Crippen LogP contribution in [0.15, 0.2) is 36.4 Å². The SMILES string of the molecule is Oc1ccc2nn(-c3ccc(O)c(Cl)c3)c(Cl)c2c1. The molecule has 1 aromatic heterocycles. The number of halogens is 2. The van der Waals surface area contributed by atoms with Crippen molar-refractivity contribution in [2.75, 3.05) is 0 Å². The van der Waals surface area contributed by atoms with Crippen molar-refractivity contribution < 1.29 is 10.2 Å². The minimum absolute atomic E-state index is 0.00380. The zero-order chi connectivity index (χ0) is 13.6. The molecule has 1 heterocycles. The molecule has 0 radical (unpaired) electrons. The van der Waals surface area contributed by atoms with Gasteiger partial charge in [-0.05, 0) is 36.4 Å². The maximum atomic E-state index is 9.47. The summed E-state index contributed by atoms with van der Waals surface area (Å²) in [7, 11) is 0. The molecule has 0 unspecified atom stereocenters. The highest BCUT2D eigenvalue weighted by Crippen LogP contribution is 2.31. The fourth-order valence-electron chi connectivity index (χ4n) is 1.84. The van der Waals surface area contributed by atoms with Gasteiger partial charge in [-0.3, -0.25) is 0 Å². The fraction of sp³-hybridized carbons (Fsp3) is 0. The summed E-state index contributed by atoms with van der Waals surface area (Å²) in [5.74, 6) is 0.119. The van der Waals surface area contributed by atoms with Crippen molar-refractivity contribution in [3.8, 4) is 17.2 Å². The molecule has 0 saturated carbocycles. The van der Waals surface area contributed by atoms with Gasteiger partial charge in [0.15, 0.2) is 0 Å². The number of phenolic OH excluding ortho intramolecular Hbond substituents is 2. The molecule has 3 aromatic rings. The molecule has 19 heavy (non-hydrogen) atoms. The van der Waals surface area contributed by atoms with Crippen molar-refractivity contribution in [3.05, 3.63) is 46.6 Å². The predicted molar refractivity (Wildman–Crippen MR) is 74.4 cm³/mol. The molecule has 2 aromatic carbocycles. The molecule has 0 fully saturated rings. The summed E-state index contributed by atoms with van der Waals surface area (Å²) in [6.45, 7) is 0. The normalized spacial score (nSPS) is 11.1. The largest absolute Gasteiger partial charge is 0.508 e. The molecule has 2 N–H and O–H groups in total. The van der Waals surface area contributed by atoms with Crippen LogP contribution in [0.3, 0.4) is 0 Å². The first kappa shape index (κ1) is 12.1.